The van der Waals surface area contributed by atoms with Crippen LogP contribution in [0, 0.1) is 0 Å². The summed E-state index contributed by atoms with van der Waals surface area (Å²) < 4.78 is 0. The Morgan fingerprint density at radius 3 is 2.48 bits per heavy atom. The van der Waals surface area contributed by atoms with Gasteiger partial charge in [-0.1, -0.05) is 54.5 Å². The van der Waals surface area contributed by atoms with Gasteiger partial charge >= 0.3 is 0 Å². The van der Waals surface area contributed by atoms with Gasteiger partial charge in [-0.3, -0.25) is 4.79 Å². The molecule has 120 valence electrons. The molecule has 0 saturated heterocycles. The molecule has 2 rings (SSSR count). The average Bonchev–Trinajstić information content (AvgIpc) is 2.61. The lowest BCUT2D eigenvalue weighted by molar-refractivity contribution is 0.0951. The van der Waals surface area contributed by atoms with Gasteiger partial charge in [0.2, 0.25) is 0 Å². The molecule has 2 aromatic carbocycles. The molecule has 0 fully saturated rings. The van der Waals surface area contributed by atoms with E-state index in [1.807, 2.05) is 30.3 Å². The molecule has 1 N–H and O–H groups in total. The normalized spacial score (nSPS) is 12.1. The molecule has 1 unspecified atom stereocenters. The zero-order valence-corrected chi connectivity index (χ0v) is 13.5. The van der Waals surface area contributed by atoms with Crippen LogP contribution in [0.5, 0.6) is 0 Å². The predicted molar refractivity (Wildman–Crippen MR) is 92.9 cm³/mol. The van der Waals surface area contributed by atoms with Gasteiger partial charge in [-0.25, -0.2) is 0 Å². The number of carbonyl (C=O) groups is 1. The number of rotatable bonds is 7. The van der Waals surface area contributed by atoms with E-state index < -0.39 is 0 Å². The average molecular weight is 310 g/mol. The third-order valence-electron chi connectivity index (χ3n) is 3.75. The van der Waals surface area contributed by atoms with E-state index in [0.29, 0.717) is 18.0 Å². The van der Waals surface area contributed by atoms with Gasteiger partial charge in [0, 0.05) is 18.0 Å². The molecule has 0 aliphatic carbocycles. The molecular formula is C19H22N2O2. The highest BCUT2D eigenvalue weighted by molar-refractivity contribution is 5.95. The largest absolute Gasteiger partial charge is 0.399 e. The van der Waals surface area contributed by atoms with Gasteiger partial charge < -0.3 is 10.2 Å². The van der Waals surface area contributed by atoms with Crippen LogP contribution in [0.2, 0.25) is 0 Å². The Bertz CT molecular complexity index is 636. The van der Waals surface area contributed by atoms with Gasteiger partial charge in [-0.05, 0) is 29.7 Å². The first-order valence-corrected chi connectivity index (χ1v) is 7.74. The number of nitrogens with zero attached hydrogens (tertiary/aromatic N) is 1. The smallest absolute Gasteiger partial charge is 0.251 e. The lowest BCUT2D eigenvalue weighted by Gasteiger charge is -2.16. The highest BCUT2D eigenvalue weighted by atomic mass is 16.6. The lowest BCUT2D eigenvalue weighted by Crippen LogP contribution is -2.28. The van der Waals surface area contributed by atoms with Crippen molar-refractivity contribution >= 4 is 12.1 Å². The maximum Gasteiger partial charge on any atom is 0.251 e. The number of carbonyl (C=O) groups excluding carboxylic acids is 1. The first kappa shape index (κ1) is 16.7. The van der Waals surface area contributed by atoms with Crippen molar-refractivity contribution in [2.75, 3.05) is 13.7 Å². The number of amides is 1. The Labute approximate surface area is 137 Å². The summed E-state index contributed by atoms with van der Waals surface area (Å²) in [5.74, 6) is 0.267. The molecule has 1 amide bonds. The molecule has 23 heavy (non-hydrogen) atoms. The highest BCUT2D eigenvalue weighted by Crippen LogP contribution is 2.18. The molecule has 0 aliphatic heterocycles. The Kier molecular flexibility index (Phi) is 6.36. The van der Waals surface area contributed by atoms with Crippen molar-refractivity contribution in [1.29, 1.82) is 0 Å². The van der Waals surface area contributed by atoms with Crippen LogP contribution in [0.4, 0.5) is 0 Å². The van der Waals surface area contributed by atoms with Crippen LogP contribution in [0.1, 0.15) is 40.7 Å². The summed E-state index contributed by atoms with van der Waals surface area (Å²) in [5.41, 5.74) is 2.78. The van der Waals surface area contributed by atoms with Gasteiger partial charge in [0.15, 0.2) is 0 Å². The number of hydrogen-bond donors (Lipinski definition) is 1. The molecule has 0 aromatic heterocycles. The third-order valence-corrected chi connectivity index (χ3v) is 3.75. The molecule has 2 aromatic rings. The third kappa shape index (κ3) is 4.95. The predicted octanol–water partition coefficient (Wildman–Crippen LogP) is 3.59. The summed E-state index contributed by atoms with van der Waals surface area (Å²) in [6.45, 7) is 2.76. The summed E-state index contributed by atoms with van der Waals surface area (Å²) in [4.78, 5) is 16.9. The SMILES string of the molecule is CCC(CNC(=O)c1ccc(/C=N/OC)cc1)c1ccccc1. The van der Waals surface area contributed by atoms with E-state index in [1.54, 1.807) is 18.3 Å². The van der Waals surface area contributed by atoms with Gasteiger partial charge in [-0.15, -0.1) is 0 Å². The molecule has 0 aliphatic rings. The van der Waals surface area contributed by atoms with E-state index in [-0.39, 0.29) is 5.91 Å². The van der Waals surface area contributed by atoms with E-state index in [9.17, 15) is 4.79 Å². The summed E-state index contributed by atoms with van der Waals surface area (Å²) in [6, 6.07) is 17.5. The topological polar surface area (TPSA) is 50.7 Å². The maximum atomic E-state index is 12.3. The monoisotopic (exact) mass is 310 g/mol. The fourth-order valence-electron chi connectivity index (χ4n) is 2.38. The molecule has 0 bridgehead atoms. The Hall–Kier alpha value is -2.62. The molecule has 0 radical (unpaired) electrons. The standard InChI is InChI=1S/C19H22N2O2/c1-3-16(17-7-5-4-6-8-17)14-20-19(22)18-11-9-15(10-12-18)13-21-23-2/h4-13,16H,3,14H2,1-2H3,(H,20,22)/b21-13+. The van der Waals surface area contributed by atoms with Crippen molar-refractivity contribution < 1.29 is 9.63 Å². The number of hydrogen-bond acceptors (Lipinski definition) is 3. The van der Waals surface area contributed by atoms with E-state index in [1.165, 1.54) is 12.7 Å². The van der Waals surface area contributed by atoms with Crippen LogP contribution in [-0.2, 0) is 4.84 Å². The van der Waals surface area contributed by atoms with Crippen molar-refractivity contribution in [3.63, 3.8) is 0 Å². The summed E-state index contributed by atoms with van der Waals surface area (Å²) in [6.07, 6.45) is 2.58. The maximum absolute atomic E-state index is 12.3. The minimum atomic E-state index is -0.0605. The lowest BCUT2D eigenvalue weighted by atomic mass is 9.96. The number of oxime groups is 1. The van der Waals surface area contributed by atoms with Gasteiger partial charge in [0.25, 0.3) is 5.91 Å². The van der Waals surface area contributed by atoms with Crippen LogP contribution in [0.15, 0.2) is 59.8 Å². The van der Waals surface area contributed by atoms with Crippen LogP contribution in [-0.4, -0.2) is 25.8 Å². The van der Waals surface area contributed by atoms with Crippen LogP contribution < -0.4 is 5.32 Å². The number of nitrogens with one attached hydrogen (secondary N) is 1. The van der Waals surface area contributed by atoms with Crippen molar-refractivity contribution in [2.24, 2.45) is 5.16 Å². The van der Waals surface area contributed by atoms with E-state index in [4.69, 9.17) is 0 Å². The zero-order valence-electron chi connectivity index (χ0n) is 13.5. The second-order valence-corrected chi connectivity index (χ2v) is 5.26. The Balaban J connectivity index is 1.94. The summed E-state index contributed by atoms with van der Waals surface area (Å²) in [7, 11) is 1.50. The van der Waals surface area contributed by atoms with Crippen LogP contribution in [0.25, 0.3) is 0 Å². The van der Waals surface area contributed by atoms with Crippen LogP contribution >= 0.6 is 0 Å². The highest BCUT2D eigenvalue weighted by Gasteiger charge is 2.11. The molecule has 0 heterocycles. The first-order valence-electron chi connectivity index (χ1n) is 7.74. The molecule has 0 saturated carbocycles. The Morgan fingerprint density at radius 2 is 1.87 bits per heavy atom. The fraction of sp³-hybridized carbons (Fsp3) is 0.263. The van der Waals surface area contributed by atoms with E-state index >= 15 is 0 Å². The van der Waals surface area contributed by atoms with Gasteiger partial charge in [0.05, 0.1) is 6.21 Å². The summed E-state index contributed by atoms with van der Waals surface area (Å²) in [5, 5.41) is 6.71. The molecular weight excluding hydrogens is 288 g/mol. The summed E-state index contributed by atoms with van der Waals surface area (Å²) >= 11 is 0. The van der Waals surface area contributed by atoms with Crippen molar-refractivity contribution in [3.05, 3.63) is 71.3 Å². The van der Waals surface area contributed by atoms with E-state index in [0.717, 1.165) is 12.0 Å². The molecule has 4 nitrogen and oxygen atoms in total. The molecule has 1 atom stereocenters. The quantitative estimate of drug-likeness (QED) is 0.627. The molecule has 0 spiro atoms. The van der Waals surface area contributed by atoms with Crippen LogP contribution in [0.3, 0.4) is 0 Å². The Morgan fingerprint density at radius 1 is 1.17 bits per heavy atom. The van der Waals surface area contributed by atoms with Crippen molar-refractivity contribution in [2.45, 2.75) is 19.3 Å². The minimum Gasteiger partial charge on any atom is -0.399 e. The van der Waals surface area contributed by atoms with Gasteiger partial charge in [0.1, 0.15) is 7.11 Å². The number of benzene rings is 2. The second-order valence-electron chi connectivity index (χ2n) is 5.26. The van der Waals surface area contributed by atoms with Crippen molar-refractivity contribution in [1.82, 2.24) is 5.32 Å². The molecule has 4 heteroatoms. The van der Waals surface area contributed by atoms with Gasteiger partial charge in [-0.2, -0.15) is 0 Å². The van der Waals surface area contributed by atoms with Crippen molar-refractivity contribution in [3.8, 4) is 0 Å². The zero-order chi connectivity index (χ0) is 16.5. The fourth-order valence-corrected chi connectivity index (χ4v) is 2.38. The second kappa shape index (κ2) is 8.73. The first-order chi connectivity index (χ1) is 11.2. The minimum absolute atomic E-state index is 0.0605. The van der Waals surface area contributed by atoms with E-state index in [2.05, 4.69) is 34.4 Å².